The highest BCUT2D eigenvalue weighted by atomic mass is 16.5. The van der Waals surface area contributed by atoms with E-state index in [1.54, 1.807) is 18.5 Å². The molecule has 0 radical (unpaired) electrons. The van der Waals surface area contributed by atoms with Crippen LogP contribution >= 0.6 is 0 Å². The first-order chi connectivity index (χ1) is 12.1. The highest BCUT2D eigenvalue weighted by Gasteiger charge is 2.32. The Balaban J connectivity index is 1.83. The summed E-state index contributed by atoms with van der Waals surface area (Å²) in [5, 5.41) is 9.28. The van der Waals surface area contributed by atoms with Gasteiger partial charge < -0.3 is 9.84 Å². The number of carbonyl (C=O) groups is 2. The minimum absolute atomic E-state index is 0.151. The molecular weight excluding hydrogens is 326 g/mol. The molecule has 0 aromatic carbocycles. The third kappa shape index (κ3) is 2.80. The second kappa shape index (κ2) is 5.93. The number of carboxylic acid groups (broad SMARTS) is 1. The lowest BCUT2D eigenvalue weighted by atomic mass is 9.95. The standard InChI is InChI=1S/C16H13N5O4/c22-13-3-9(1-2-25-13)14-11-6-21(16(23)24)7-12(11)19-15(20-14)10-4-17-8-18-5-10/h1-2,4-5,8-9H,3,6-7H2,(H,23,24). The van der Waals surface area contributed by atoms with Crippen LogP contribution in [0.3, 0.4) is 0 Å². The van der Waals surface area contributed by atoms with Crippen molar-refractivity contribution in [3.05, 3.63) is 48.0 Å². The molecule has 4 rings (SSSR count). The van der Waals surface area contributed by atoms with E-state index in [2.05, 4.69) is 19.9 Å². The molecule has 9 nitrogen and oxygen atoms in total. The van der Waals surface area contributed by atoms with Crippen LogP contribution in [0.2, 0.25) is 0 Å². The Morgan fingerprint density at radius 3 is 2.76 bits per heavy atom. The van der Waals surface area contributed by atoms with E-state index in [1.807, 2.05) is 0 Å². The van der Waals surface area contributed by atoms with Gasteiger partial charge in [-0.1, -0.05) is 0 Å². The number of esters is 1. The minimum Gasteiger partial charge on any atom is -0.465 e. The van der Waals surface area contributed by atoms with E-state index in [0.29, 0.717) is 22.8 Å². The van der Waals surface area contributed by atoms with E-state index in [4.69, 9.17) is 4.74 Å². The number of fused-ring (bicyclic) bond motifs is 1. The molecule has 2 aliphatic rings. The summed E-state index contributed by atoms with van der Waals surface area (Å²) in [6.07, 6.45) is 6.81. The van der Waals surface area contributed by atoms with Crippen LogP contribution in [-0.2, 0) is 22.6 Å². The van der Waals surface area contributed by atoms with E-state index >= 15 is 0 Å². The molecule has 0 spiro atoms. The van der Waals surface area contributed by atoms with Crippen molar-refractivity contribution in [2.75, 3.05) is 0 Å². The van der Waals surface area contributed by atoms with E-state index in [0.717, 1.165) is 5.56 Å². The maximum atomic E-state index is 11.6. The number of allylic oxidation sites excluding steroid dienone is 1. The van der Waals surface area contributed by atoms with Gasteiger partial charge in [0.2, 0.25) is 0 Å². The number of hydrogen-bond donors (Lipinski definition) is 1. The van der Waals surface area contributed by atoms with Gasteiger partial charge in [-0.05, 0) is 6.08 Å². The van der Waals surface area contributed by atoms with Gasteiger partial charge in [0.1, 0.15) is 6.33 Å². The number of carbonyl (C=O) groups excluding carboxylic acids is 1. The van der Waals surface area contributed by atoms with E-state index in [-0.39, 0.29) is 31.4 Å². The van der Waals surface area contributed by atoms with Crippen molar-refractivity contribution in [3.63, 3.8) is 0 Å². The molecule has 0 saturated heterocycles. The van der Waals surface area contributed by atoms with Crippen molar-refractivity contribution in [2.24, 2.45) is 0 Å². The topological polar surface area (TPSA) is 118 Å². The Bertz CT molecular complexity index is 884. The third-order valence-corrected chi connectivity index (χ3v) is 4.15. The Morgan fingerprint density at radius 2 is 2.04 bits per heavy atom. The fraction of sp³-hybridized carbons (Fsp3) is 0.250. The molecule has 2 aliphatic heterocycles. The molecule has 126 valence electrons. The van der Waals surface area contributed by atoms with Crippen molar-refractivity contribution in [3.8, 4) is 11.4 Å². The van der Waals surface area contributed by atoms with Crippen molar-refractivity contribution in [2.45, 2.75) is 25.4 Å². The summed E-state index contributed by atoms with van der Waals surface area (Å²) in [6, 6.07) is 0. The first-order valence-corrected chi connectivity index (χ1v) is 7.61. The SMILES string of the molecule is O=C1CC(c2nc(-c3cncnc3)nc3c2CN(C(=O)O)C3)C=CO1. The van der Waals surface area contributed by atoms with E-state index in [1.165, 1.54) is 17.5 Å². The molecule has 0 aliphatic carbocycles. The maximum absolute atomic E-state index is 11.6. The Hall–Kier alpha value is -3.36. The van der Waals surface area contributed by atoms with Crippen LogP contribution in [0.1, 0.15) is 29.3 Å². The summed E-state index contributed by atoms with van der Waals surface area (Å²) in [5.74, 6) is -0.221. The van der Waals surface area contributed by atoms with Gasteiger partial charge in [0.15, 0.2) is 5.82 Å². The summed E-state index contributed by atoms with van der Waals surface area (Å²) < 4.78 is 4.84. The van der Waals surface area contributed by atoms with Gasteiger partial charge in [0, 0.05) is 23.9 Å². The normalized spacial score (nSPS) is 18.8. The zero-order valence-corrected chi connectivity index (χ0v) is 13.0. The van der Waals surface area contributed by atoms with Gasteiger partial charge in [-0.2, -0.15) is 0 Å². The number of hydrogen-bond acceptors (Lipinski definition) is 7. The molecule has 25 heavy (non-hydrogen) atoms. The van der Waals surface area contributed by atoms with Gasteiger partial charge in [-0.15, -0.1) is 0 Å². The zero-order chi connectivity index (χ0) is 17.4. The van der Waals surface area contributed by atoms with Gasteiger partial charge >= 0.3 is 12.1 Å². The van der Waals surface area contributed by atoms with Crippen LogP contribution in [0, 0.1) is 0 Å². The van der Waals surface area contributed by atoms with Crippen LogP contribution in [0.25, 0.3) is 11.4 Å². The summed E-state index contributed by atoms with van der Waals surface area (Å²) in [5.41, 5.74) is 2.65. The maximum Gasteiger partial charge on any atom is 0.407 e. The Morgan fingerprint density at radius 1 is 1.24 bits per heavy atom. The second-order valence-corrected chi connectivity index (χ2v) is 5.75. The van der Waals surface area contributed by atoms with Crippen LogP contribution < -0.4 is 0 Å². The first kappa shape index (κ1) is 15.2. The molecule has 0 bridgehead atoms. The average Bonchev–Trinajstić information content (AvgIpc) is 3.06. The highest BCUT2D eigenvalue weighted by molar-refractivity contribution is 5.73. The highest BCUT2D eigenvalue weighted by Crippen LogP contribution is 2.33. The van der Waals surface area contributed by atoms with Crippen molar-refractivity contribution < 1.29 is 19.4 Å². The predicted molar refractivity (Wildman–Crippen MR) is 82.9 cm³/mol. The molecule has 2 aromatic heterocycles. The number of ether oxygens (including phenoxy) is 1. The number of rotatable bonds is 2. The summed E-state index contributed by atoms with van der Waals surface area (Å²) >= 11 is 0. The molecule has 1 atom stereocenters. The molecule has 1 amide bonds. The molecule has 9 heteroatoms. The molecule has 1 unspecified atom stereocenters. The van der Waals surface area contributed by atoms with Gasteiger partial charge in [0.05, 0.1) is 42.7 Å². The van der Waals surface area contributed by atoms with Crippen LogP contribution in [0.15, 0.2) is 31.1 Å². The molecular formula is C16H13N5O4. The molecule has 1 N–H and O–H groups in total. The summed E-state index contributed by atoms with van der Waals surface area (Å²) in [4.78, 5) is 41.3. The van der Waals surface area contributed by atoms with E-state index < -0.39 is 6.09 Å². The number of nitrogens with zero attached hydrogens (tertiary/aromatic N) is 5. The minimum atomic E-state index is -1.02. The number of cyclic esters (lactones) is 1. The van der Waals surface area contributed by atoms with E-state index in [9.17, 15) is 14.7 Å². The second-order valence-electron chi connectivity index (χ2n) is 5.75. The van der Waals surface area contributed by atoms with Gasteiger partial charge in [0.25, 0.3) is 0 Å². The van der Waals surface area contributed by atoms with Crippen LogP contribution in [0.4, 0.5) is 4.79 Å². The summed E-state index contributed by atoms with van der Waals surface area (Å²) in [6.45, 7) is 0.382. The smallest absolute Gasteiger partial charge is 0.407 e. The van der Waals surface area contributed by atoms with Gasteiger partial charge in [-0.3, -0.25) is 9.69 Å². The lowest BCUT2D eigenvalue weighted by molar-refractivity contribution is -0.139. The number of amides is 1. The molecule has 4 heterocycles. The lowest BCUT2D eigenvalue weighted by Gasteiger charge is -2.18. The molecule has 0 saturated carbocycles. The molecule has 2 aromatic rings. The average molecular weight is 339 g/mol. The third-order valence-electron chi connectivity index (χ3n) is 4.15. The predicted octanol–water partition coefficient (Wildman–Crippen LogP) is 1.47. The van der Waals surface area contributed by atoms with Gasteiger partial charge in [-0.25, -0.2) is 24.7 Å². The monoisotopic (exact) mass is 339 g/mol. The molecule has 0 fully saturated rings. The lowest BCUT2D eigenvalue weighted by Crippen LogP contribution is -2.23. The quantitative estimate of drug-likeness (QED) is 0.817. The van der Waals surface area contributed by atoms with Crippen LogP contribution in [-0.4, -0.2) is 42.0 Å². The van der Waals surface area contributed by atoms with Crippen molar-refractivity contribution in [1.82, 2.24) is 24.8 Å². The van der Waals surface area contributed by atoms with Crippen molar-refractivity contribution in [1.29, 1.82) is 0 Å². The van der Waals surface area contributed by atoms with Crippen molar-refractivity contribution >= 4 is 12.1 Å². The van der Waals surface area contributed by atoms with Crippen LogP contribution in [0.5, 0.6) is 0 Å². The fourth-order valence-corrected chi connectivity index (χ4v) is 2.96. The first-order valence-electron chi connectivity index (χ1n) is 7.61. The number of aromatic nitrogens is 4. The fourth-order valence-electron chi connectivity index (χ4n) is 2.96. The summed E-state index contributed by atoms with van der Waals surface area (Å²) in [7, 11) is 0. The Kier molecular flexibility index (Phi) is 3.60. The largest absolute Gasteiger partial charge is 0.465 e. The Labute approximate surface area is 142 Å². The zero-order valence-electron chi connectivity index (χ0n) is 13.0.